The molecule has 0 saturated carbocycles. The summed E-state index contributed by atoms with van der Waals surface area (Å²) < 4.78 is 0.771. The van der Waals surface area contributed by atoms with Crippen molar-refractivity contribution in [2.45, 2.75) is 12.5 Å². The van der Waals surface area contributed by atoms with Gasteiger partial charge in [-0.05, 0) is 34.1 Å². The summed E-state index contributed by atoms with van der Waals surface area (Å²) in [6.07, 6.45) is 0.187. The van der Waals surface area contributed by atoms with Crippen LogP contribution in [-0.4, -0.2) is 29.8 Å². The highest BCUT2D eigenvalue weighted by Gasteiger charge is 2.36. The van der Waals surface area contributed by atoms with E-state index in [0.717, 1.165) is 15.1 Å². The zero-order valence-corrected chi connectivity index (χ0v) is 10.8. The van der Waals surface area contributed by atoms with Crippen molar-refractivity contribution < 1.29 is 9.59 Å². The lowest BCUT2D eigenvalue weighted by molar-refractivity contribution is -0.136. The number of halogens is 1. The van der Waals surface area contributed by atoms with Crippen molar-refractivity contribution in [3.8, 4) is 0 Å². The van der Waals surface area contributed by atoms with Crippen LogP contribution in [0.25, 0.3) is 0 Å². The molecule has 2 rings (SSSR count). The molecule has 1 atom stereocenters. The van der Waals surface area contributed by atoms with Crippen LogP contribution in [-0.2, 0) is 9.59 Å². The Kier molecular flexibility index (Phi) is 3.06. The number of imide groups is 1. The van der Waals surface area contributed by atoms with E-state index in [2.05, 4.69) is 21.2 Å². The number of hydrogen-bond acceptors (Lipinski definition) is 4. The third-order valence-electron chi connectivity index (χ3n) is 2.70. The second-order valence-electron chi connectivity index (χ2n) is 3.93. The van der Waals surface area contributed by atoms with Crippen LogP contribution in [0, 0.1) is 0 Å². The number of nitrogen functional groups attached to an aromatic ring is 1. The smallest absolute Gasteiger partial charge is 0.251 e. The number of amides is 2. The number of benzene rings is 1. The molecule has 1 aliphatic heterocycles. The predicted octanol–water partition coefficient (Wildman–Crippen LogP) is 1.20. The zero-order chi connectivity index (χ0) is 12.6. The van der Waals surface area contributed by atoms with Gasteiger partial charge in [-0.3, -0.25) is 14.5 Å². The van der Waals surface area contributed by atoms with Crippen LogP contribution in [0.1, 0.15) is 6.42 Å². The molecule has 1 saturated heterocycles. The van der Waals surface area contributed by atoms with Gasteiger partial charge in [-0.15, -0.1) is 0 Å². The molecule has 0 bridgehead atoms. The monoisotopic (exact) mass is 297 g/mol. The summed E-state index contributed by atoms with van der Waals surface area (Å²) in [6.45, 7) is 0. The van der Waals surface area contributed by atoms with Crippen molar-refractivity contribution in [1.29, 1.82) is 0 Å². The van der Waals surface area contributed by atoms with Gasteiger partial charge in [0.15, 0.2) is 0 Å². The maximum absolute atomic E-state index is 11.7. The van der Waals surface area contributed by atoms with Gasteiger partial charge in [0.1, 0.15) is 6.04 Å². The molecule has 6 heteroatoms. The fourth-order valence-corrected chi connectivity index (χ4v) is 2.22. The Balaban J connectivity index is 2.17. The van der Waals surface area contributed by atoms with Crippen molar-refractivity contribution in [1.82, 2.24) is 4.90 Å². The quantitative estimate of drug-likeness (QED) is 0.635. The molecule has 1 heterocycles. The number of nitrogens with zero attached hydrogens (tertiary/aromatic N) is 1. The van der Waals surface area contributed by atoms with E-state index >= 15 is 0 Å². The molecule has 0 spiro atoms. The summed E-state index contributed by atoms with van der Waals surface area (Å²) in [4.78, 5) is 24.2. The first-order valence-corrected chi connectivity index (χ1v) is 5.90. The second kappa shape index (κ2) is 4.37. The van der Waals surface area contributed by atoms with E-state index in [1.807, 2.05) is 0 Å². The lowest BCUT2D eigenvalue weighted by Gasteiger charge is -2.14. The van der Waals surface area contributed by atoms with Gasteiger partial charge in [-0.1, -0.05) is 0 Å². The van der Waals surface area contributed by atoms with Crippen LogP contribution in [0.15, 0.2) is 22.7 Å². The summed E-state index contributed by atoms with van der Waals surface area (Å²) >= 11 is 3.35. The first-order valence-electron chi connectivity index (χ1n) is 5.11. The molecular weight excluding hydrogens is 286 g/mol. The van der Waals surface area contributed by atoms with Crippen molar-refractivity contribution >= 4 is 39.1 Å². The number of carbonyl (C=O) groups is 2. The van der Waals surface area contributed by atoms with Gasteiger partial charge in [0.2, 0.25) is 5.91 Å². The number of hydrogen-bond donors (Lipinski definition) is 2. The summed E-state index contributed by atoms with van der Waals surface area (Å²) in [7, 11) is 1.49. The lowest BCUT2D eigenvalue weighted by Crippen LogP contribution is -2.31. The molecule has 1 aromatic carbocycles. The van der Waals surface area contributed by atoms with Gasteiger partial charge < -0.3 is 11.1 Å². The van der Waals surface area contributed by atoms with Gasteiger partial charge in [0.25, 0.3) is 5.91 Å². The number of nitrogens with one attached hydrogen (secondary N) is 1. The molecule has 17 heavy (non-hydrogen) atoms. The van der Waals surface area contributed by atoms with Crippen LogP contribution in [0.3, 0.4) is 0 Å². The van der Waals surface area contributed by atoms with Gasteiger partial charge in [0.05, 0.1) is 6.42 Å². The Bertz CT molecular complexity index is 490. The van der Waals surface area contributed by atoms with Gasteiger partial charge in [0, 0.05) is 22.9 Å². The van der Waals surface area contributed by atoms with Crippen LogP contribution in [0.4, 0.5) is 11.4 Å². The minimum absolute atomic E-state index is 0.168. The van der Waals surface area contributed by atoms with Crippen molar-refractivity contribution in [3.63, 3.8) is 0 Å². The van der Waals surface area contributed by atoms with E-state index in [-0.39, 0.29) is 18.2 Å². The zero-order valence-electron chi connectivity index (χ0n) is 9.24. The summed E-state index contributed by atoms with van der Waals surface area (Å²) in [5, 5.41) is 3.03. The molecule has 1 aromatic rings. The van der Waals surface area contributed by atoms with Gasteiger partial charge in [-0.25, -0.2) is 0 Å². The average Bonchev–Trinajstić information content (AvgIpc) is 2.50. The first kappa shape index (κ1) is 11.9. The van der Waals surface area contributed by atoms with Crippen LogP contribution in [0.5, 0.6) is 0 Å². The number of likely N-dealkylation sites (N-methyl/N-ethyl adjacent to an activating group) is 1. The molecule has 5 nitrogen and oxygen atoms in total. The maximum atomic E-state index is 11.7. The molecule has 0 radical (unpaired) electrons. The highest BCUT2D eigenvalue weighted by atomic mass is 79.9. The predicted molar refractivity (Wildman–Crippen MR) is 68.4 cm³/mol. The number of carbonyl (C=O) groups excluding carboxylic acids is 2. The average molecular weight is 298 g/mol. The second-order valence-corrected chi connectivity index (χ2v) is 4.79. The Labute approximate surface area is 107 Å². The number of anilines is 2. The Morgan fingerprint density at radius 1 is 1.47 bits per heavy atom. The van der Waals surface area contributed by atoms with E-state index in [1.165, 1.54) is 7.05 Å². The summed E-state index contributed by atoms with van der Waals surface area (Å²) in [6, 6.07) is 4.76. The molecule has 1 fully saturated rings. The van der Waals surface area contributed by atoms with Crippen molar-refractivity contribution in [2.75, 3.05) is 18.1 Å². The van der Waals surface area contributed by atoms with Crippen LogP contribution >= 0.6 is 15.9 Å². The van der Waals surface area contributed by atoms with Gasteiger partial charge in [-0.2, -0.15) is 0 Å². The van der Waals surface area contributed by atoms with Crippen molar-refractivity contribution in [2.24, 2.45) is 0 Å². The number of nitrogens with two attached hydrogens (primary N) is 1. The van der Waals surface area contributed by atoms with E-state index in [0.29, 0.717) is 5.69 Å². The van der Waals surface area contributed by atoms with E-state index in [4.69, 9.17) is 5.73 Å². The minimum Gasteiger partial charge on any atom is -0.399 e. The highest BCUT2D eigenvalue weighted by molar-refractivity contribution is 9.10. The molecule has 0 aromatic heterocycles. The topological polar surface area (TPSA) is 75.4 Å². The lowest BCUT2D eigenvalue weighted by atomic mass is 10.2. The molecular formula is C11H12BrN3O2. The normalized spacial score (nSPS) is 19.9. The van der Waals surface area contributed by atoms with Crippen molar-refractivity contribution in [3.05, 3.63) is 22.7 Å². The highest BCUT2D eigenvalue weighted by Crippen LogP contribution is 2.27. The first-order chi connectivity index (χ1) is 7.99. The largest absolute Gasteiger partial charge is 0.399 e. The Morgan fingerprint density at radius 2 is 2.18 bits per heavy atom. The fourth-order valence-electron chi connectivity index (χ4n) is 1.70. The molecule has 90 valence electrons. The third-order valence-corrected chi connectivity index (χ3v) is 3.36. The number of likely N-dealkylation sites (tertiary alicyclic amines) is 1. The standard InChI is InChI=1S/C11H12BrN3O2/c1-15-10(16)5-9(11(15)17)14-8-3-2-6(13)4-7(8)12/h2-4,9,14H,5,13H2,1H3. The van der Waals surface area contributed by atoms with Crippen LogP contribution in [0.2, 0.25) is 0 Å². The summed E-state index contributed by atoms with van der Waals surface area (Å²) in [5.41, 5.74) is 7.00. The van der Waals surface area contributed by atoms with E-state index < -0.39 is 6.04 Å². The molecule has 0 aliphatic carbocycles. The van der Waals surface area contributed by atoms with Gasteiger partial charge >= 0.3 is 0 Å². The Morgan fingerprint density at radius 3 is 2.71 bits per heavy atom. The third kappa shape index (κ3) is 2.26. The SMILES string of the molecule is CN1C(=O)CC(Nc2ccc(N)cc2Br)C1=O. The molecule has 1 aliphatic rings. The molecule has 2 amide bonds. The minimum atomic E-state index is -0.493. The summed E-state index contributed by atoms with van der Waals surface area (Å²) in [5.74, 6) is -0.377. The number of rotatable bonds is 2. The van der Waals surface area contributed by atoms with Crippen LogP contribution < -0.4 is 11.1 Å². The van der Waals surface area contributed by atoms with E-state index in [9.17, 15) is 9.59 Å². The maximum Gasteiger partial charge on any atom is 0.251 e. The molecule has 1 unspecified atom stereocenters. The fraction of sp³-hybridized carbons (Fsp3) is 0.273. The Hall–Kier alpha value is -1.56. The molecule has 3 N–H and O–H groups in total. The van der Waals surface area contributed by atoms with E-state index in [1.54, 1.807) is 18.2 Å².